The summed E-state index contributed by atoms with van der Waals surface area (Å²) in [5, 5.41) is 11.9. The molecule has 1 aliphatic rings. The molecule has 0 saturated heterocycles. The molecular weight excluding hydrogens is 390 g/mol. The van der Waals surface area contributed by atoms with Crippen molar-refractivity contribution >= 4 is 40.5 Å². The Morgan fingerprint density at radius 3 is 2.48 bits per heavy atom. The minimum Gasteiger partial charge on any atom is -0.359 e. The average molecular weight is 408 g/mol. The monoisotopic (exact) mass is 407 g/mol. The van der Waals surface area contributed by atoms with E-state index >= 15 is 0 Å². The fourth-order valence-corrected chi connectivity index (χ4v) is 3.70. The number of nitrogens with zero attached hydrogens (tertiary/aromatic N) is 2. The first-order chi connectivity index (χ1) is 13.8. The summed E-state index contributed by atoms with van der Waals surface area (Å²) >= 11 is 5.96. The van der Waals surface area contributed by atoms with Gasteiger partial charge in [0, 0.05) is 34.1 Å². The van der Waals surface area contributed by atoms with Crippen molar-refractivity contribution in [2.75, 3.05) is 4.90 Å². The summed E-state index contributed by atoms with van der Waals surface area (Å²) < 4.78 is 0. The number of fused-ring (bicyclic) bond motifs is 1. The molecule has 1 N–H and O–H groups in total. The van der Waals surface area contributed by atoms with Crippen LogP contribution >= 0.6 is 11.6 Å². The van der Waals surface area contributed by atoms with Gasteiger partial charge in [0.1, 0.15) is 0 Å². The van der Waals surface area contributed by atoms with Crippen molar-refractivity contribution in [3.63, 3.8) is 0 Å². The normalized spacial score (nSPS) is 14.5. The number of nitro benzene ring substituents is 1. The molecule has 0 unspecified atom stereocenters. The molecule has 0 fully saturated rings. The maximum absolute atomic E-state index is 13.3. The Morgan fingerprint density at radius 1 is 1.14 bits per heavy atom. The number of nitro groups is 1. The highest BCUT2D eigenvalue weighted by atomic mass is 35.5. The van der Waals surface area contributed by atoms with Gasteiger partial charge in [-0.05, 0) is 55.3 Å². The zero-order valence-corrected chi connectivity index (χ0v) is 16.7. The van der Waals surface area contributed by atoms with Crippen LogP contribution in [-0.2, 0) is 11.3 Å². The fourth-order valence-electron chi connectivity index (χ4n) is 3.57. The summed E-state index contributed by atoms with van der Waals surface area (Å²) in [5.74, 6) is -0.192. The highest BCUT2D eigenvalue weighted by Gasteiger charge is 2.34. The first kappa shape index (κ1) is 19.0. The molecule has 0 atom stereocenters. The Labute approximate surface area is 172 Å². The molecule has 0 spiro atoms. The number of benzene rings is 2. The van der Waals surface area contributed by atoms with E-state index in [2.05, 4.69) is 4.98 Å². The second kappa shape index (κ2) is 7.22. The van der Waals surface area contributed by atoms with E-state index in [0.717, 1.165) is 22.5 Å². The lowest BCUT2D eigenvalue weighted by atomic mass is 10.0. The number of nitrogens with one attached hydrogen (secondary N) is 1. The van der Waals surface area contributed by atoms with Crippen molar-refractivity contribution in [3.8, 4) is 0 Å². The first-order valence-electron chi connectivity index (χ1n) is 9.06. The lowest BCUT2D eigenvalue weighted by molar-refractivity contribution is -0.384. The maximum Gasteiger partial charge on any atom is 0.270 e. The molecule has 0 bridgehead atoms. The summed E-state index contributed by atoms with van der Waals surface area (Å²) in [6.45, 7) is 4.24. The third-order valence-electron chi connectivity index (χ3n) is 4.98. The molecule has 29 heavy (non-hydrogen) atoms. The number of hydrogen-bond donors (Lipinski definition) is 1. The highest BCUT2D eigenvalue weighted by Crippen LogP contribution is 2.40. The minimum atomic E-state index is -0.450. The largest absolute Gasteiger partial charge is 0.359 e. The Bertz CT molecular complexity index is 1160. The third kappa shape index (κ3) is 3.54. The van der Waals surface area contributed by atoms with Crippen molar-refractivity contribution in [1.82, 2.24) is 4.98 Å². The van der Waals surface area contributed by atoms with E-state index in [-0.39, 0.29) is 11.6 Å². The molecule has 1 aromatic heterocycles. The van der Waals surface area contributed by atoms with Gasteiger partial charge in [-0.15, -0.1) is 0 Å². The van der Waals surface area contributed by atoms with E-state index in [4.69, 9.17) is 11.6 Å². The van der Waals surface area contributed by atoms with E-state index in [9.17, 15) is 14.9 Å². The summed E-state index contributed by atoms with van der Waals surface area (Å²) in [6.07, 6.45) is 1.77. The van der Waals surface area contributed by atoms with Crippen LogP contribution in [0, 0.1) is 24.0 Å². The van der Waals surface area contributed by atoms with E-state index in [1.165, 1.54) is 12.1 Å². The number of H-pyrrole nitrogens is 1. The average Bonchev–Trinajstić information content (AvgIpc) is 3.14. The number of aromatic nitrogens is 1. The maximum atomic E-state index is 13.3. The van der Waals surface area contributed by atoms with Gasteiger partial charge in [-0.3, -0.25) is 14.9 Å². The summed E-state index contributed by atoms with van der Waals surface area (Å²) in [7, 11) is 0. The molecule has 6 nitrogen and oxygen atoms in total. The van der Waals surface area contributed by atoms with Crippen molar-refractivity contribution in [2.24, 2.45) is 0 Å². The Hall–Kier alpha value is -3.38. The van der Waals surface area contributed by atoms with Crippen LogP contribution in [-0.4, -0.2) is 15.8 Å². The molecule has 7 heteroatoms. The Balaban J connectivity index is 1.82. The highest BCUT2D eigenvalue weighted by molar-refractivity contribution is 6.36. The molecule has 4 rings (SSSR count). The van der Waals surface area contributed by atoms with Crippen LogP contribution in [0.3, 0.4) is 0 Å². The summed E-state index contributed by atoms with van der Waals surface area (Å²) in [5.41, 5.74) is 5.32. The molecule has 3 aromatic rings. The number of aromatic amines is 1. The molecular formula is C22H18ClN3O3. The van der Waals surface area contributed by atoms with E-state index < -0.39 is 4.92 Å². The third-order valence-corrected chi connectivity index (χ3v) is 5.23. The van der Waals surface area contributed by atoms with E-state index in [1.807, 2.05) is 32.0 Å². The van der Waals surface area contributed by atoms with Gasteiger partial charge in [-0.25, -0.2) is 0 Å². The second-order valence-corrected chi connectivity index (χ2v) is 7.52. The van der Waals surface area contributed by atoms with Crippen molar-refractivity contribution < 1.29 is 9.72 Å². The summed E-state index contributed by atoms with van der Waals surface area (Å²) in [6, 6.07) is 13.8. The predicted octanol–water partition coefficient (Wildman–Crippen LogP) is 5.28. The first-order valence-corrected chi connectivity index (χ1v) is 9.44. The lowest BCUT2D eigenvalue weighted by Gasteiger charge is -2.17. The van der Waals surface area contributed by atoms with Gasteiger partial charge in [0.15, 0.2) is 0 Å². The van der Waals surface area contributed by atoms with Crippen LogP contribution in [0.2, 0.25) is 5.02 Å². The van der Waals surface area contributed by atoms with E-state index in [0.29, 0.717) is 28.4 Å². The number of carbonyl (C=O) groups excluding carboxylic acids is 1. The summed E-state index contributed by atoms with van der Waals surface area (Å²) in [4.78, 5) is 29.0. The van der Waals surface area contributed by atoms with Gasteiger partial charge in [0.05, 0.1) is 22.7 Å². The van der Waals surface area contributed by atoms with Gasteiger partial charge >= 0.3 is 0 Å². The Morgan fingerprint density at radius 2 is 1.86 bits per heavy atom. The number of hydrogen-bond acceptors (Lipinski definition) is 3. The number of anilines is 1. The number of rotatable bonds is 4. The number of amides is 1. The molecule has 0 saturated carbocycles. The molecule has 1 aliphatic heterocycles. The molecule has 0 aliphatic carbocycles. The molecule has 2 heterocycles. The number of aryl methyl sites for hydroxylation is 2. The van der Waals surface area contributed by atoms with Crippen LogP contribution in [0.25, 0.3) is 11.6 Å². The lowest BCUT2D eigenvalue weighted by Crippen LogP contribution is -2.25. The van der Waals surface area contributed by atoms with Crippen molar-refractivity contribution in [3.05, 3.63) is 91.7 Å². The van der Waals surface area contributed by atoms with Crippen LogP contribution in [0.4, 0.5) is 11.4 Å². The quantitative estimate of drug-likeness (QED) is 0.363. The fraction of sp³-hybridized carbons (Fsp3) is 0.136. The molecule has 146 valence electrons. The minimum absolute atomic E-state index is 0.0461. The van der Waals surface area contributed by atoms with Crippen LogP contribution < -0.4 is 4.90 Å². The van der Waals surface area contributed by atoms with Crippen LogP contribution in [0.1, 0.15) is 28.1 Å². The van der Waals surface area contributed by atoms with Gasteiger partial charge < -0.3 is 9.88 Å². The number of halogens is 1. The zero-order valence-electron chi connectivity index (χ0n) is 15.9. The van der Waals surface area contributed by atoms with Crippen LogP contribution in [0.15, 0.2) is 48.5 Å². The van der Waals surface area contributed by atoms with Gasteiger partial charge in [-0.1, -0.05) is 23.7 Å². The van der Waals surface area contributed by atoms with Gasteiger partial charge in [0.25, 0.3) is 11.6 Å². The van der Waals surface area contributed by atoms with Gasteiger partial charge in [0.2, 0.25) is 0 Å². The SMILES string of the molecule is Cc1cc(C)c(C=C2C(=O)N(Cc3ccc(Cl)cc3)c3ccc([N+](=O)[O-])cc32)[nH]1. The van der Waals surface area contributed by atoms with Crippen molar-refractivity contribution in [2.45, 2.75) is 20.4 Å². The smallest absolute Gasteiger partial charge is 0.270 e. The standard InChI is InChI=1S/C22H18ClN3O3/c1-13-9-14(2)24-20(13)11-19-18-10-17(26(28)29)7-8-21(18)25(22(19)27)12-15-3-5-16(23)6-4-15/h3-11,24H,12H2,1-2H3. The van der Waals surface area contributed by atoms with Crippen LogP contribution in [0.5, 0.6) is 0 Å². The Kier molecular flexibility index (Phi) is 4.72. The molecule has 2 aromatic carbocycles. The number of non-ortho nitro benzene ring substituents is 1. The second-order valence-electron chi connectivity index (χ2n) is 7.08. The predicted molar refractivity (Wildman–Crippen MR) is 114 cm³/mol. The molecule has 1 amide bonds. The number of carbonyl (C=O) groups is 1. The topological polar surface area (TPSA) is 79.2 Å². The van der Waals surface area contributed by atoms with Crippen molar-refractivity contribution in [1.29, 1.82) is 0 Å². The molecule has 0 radical (unpaired) electrons. The van der Waals surface area contributed by atoms with E-state index in [1.54, 1.807) is 29.2 Å². The van der Waals surface area contributed by atoms with Gasteiger partial charge in [-0.2, -0.15) is 0 Å². The zero-order chi connectivity index (χ0) is 20.7.